The molecule has 0 aliphatic heterocycles. The van der Waals surface area contributed by atoms with Crippen LogP contribution in [0.5, 0.6) is 0 Å². The van der Waals surface area contributed by atoms with Crippen LogP contribution in [0.3, 0.4) is 0 Å². The van der Waals surface area contributed by atoms with Gasteiger partial charge in [0, 0.05) is 18.7 Å². The van der Waals surface area contributed by atoms with Crippen LogP contribution in [0.2, 0.25) is 0 Å². The van der Waals surface area contributed by atoms with Gasteiger partial charge in [0.25, 0.3) is 0 Å². The monoisotopic (exact) mass is 489 g/mol. The van der Waals surface area contributed by atoms with Crippen LogP contribution in [0.1, 0.15) is 72.3 Å². The minimum absolute atomic E-state index is 0.163. The molecule has 0 aromatic heterocycles. The zero-order valence-electron chi connectivity index (χ0n) is 21.8. The fraction of sp³-hybridized carbons (Fsp3) is 0.615. The topological polar surface area (TPSA) is 142 Å². The summed E-state index contributed by atoms with van der Waals surface area (Å²) in [6.45, 7) is 10.1. The lowest BCUT2D eigenvalue weighted by Gasteiger charge is -2.25. The van der Waals surface area contributed by atoms with Crippen molar-refractivity contribution in [2.75, 3.05) is 11.9 Å². The normalized spacial score (nSPS) is 12.7. The van der Waals surface area contributed by atoms with Gasteiger partial charge < -0.3 is 27.0 Å². The quantitative estimate of drug-likeness (QED) is 0.241. The summed E-state index contributed by atoms with van der Waals surface area (Å²) in [5.41, 5.74) is 6.92. The number of aryl methyl sites for hydroxylation is 1. The molecule has 196 valence electrons. The Balaban J connectivity index is 2.89. The molecule has 0 spiro atoms. The van der Waals surface area contributed by atoms with E-state index in [0.29, 0.717) is 24.4 Å². The first kappa shape index (κ1) is 29.9. The lowest BCUT2D eigenvalue weighted by Crippen LogP contribution is -2.54. The third-order valence-electron chi connectivity index (χ3n) is 5.58. The molecular weight excluding hydrogens is 446 g/mol. The average molecular weight is 490 g/mol. The molecule has 0 saturated heterocycles. The SMILES string of the molecule is CCCc1ccc(NC(=O)[C@H](CCCNC(N)=O)NC(=O)[C@@H](NC(=O)CCC(C)C)C(C)C)cc1. The highest BCUT2D eigenvalue weighted by Gasteiger charge is 2.28. The lowest BCUT2D eigenvalue weighted by molar-refractivity contribution is -0.132. The highest BCUT2D eigenvalue weighted by Crippen LogP contribution is 2.13. The van der Waals surface area contributed by atoms with Crippen molar-refractivity contribution in [1.82, 2.24) is 16.0 Å². The van der Waals surface area contributed by atoms with Gasteiger partial charge in [-0.1, -0.05) is 53.2 Å². The van der Waals surface area contributed by atoms with Gasteiger partial charge in [0.2, 0.25) is 17.7 Å². The summed E-state index contributed by atoms with van der Waals surface area (Å²) in [5, 5.41) is 11.0. The highest BCUT2D eigenvalue weighted by atomic mass is 16.2. The molecule has 0 saturated carbocycles. The zero-order chi connectivity index (χ0) is 26.4. The Hall–Kier alpha value is -3.10. The van der Waals surface area contributed by atoms with Gasteiger partial charge in [-0.15, -0.1) is 0 Å². The maximum Gasteiger partial charge on any atom is 0.312 e. The molecule has 0 bridgehead atoms. The number of urea groups is 1. The van der Waals surface area contributed by atoms with Crippen molar-refractivity contribution < 1.29 is 19.2 Å². The van der Waals surface area contributed by atoms with Gasteiger partial charge in [-0.05, 0) is 55.2 Å². The number of hydrogen-bond donors (Lipinski definition) is 5. The number of carbonyl (C=O) groups is 4. The predicted molar refractivity (Wildman–Crippen MR) is 139 cm³/mol. The molecule has 1 rings (SSSR count). The molecule has 35 heavy (non-hydrogen) atoms. The minimum atomic E-state index is -0.846. The molecule has 2 atom stereocenters. The zero-order valence-corrected chi connectivity index (χ0v) is 21.8. The van der Waals surface area contributed by atoms with E-state index < -0.39 is 24.0 Å². The van der Waals surface area contributed by atoms with Crippen molar-refractivity contribution in [1.29, 1.82) is 0 Å². The van der Waals surface area contributed by atoms with Crippen LogP contribution in [0, 0.1) is 11.8 Å². The molecule has 0 aliphatic rings. The lowest BCUT2D eigenvalue weighted by atomic mass is 10.0. The first-order valence-corrected chi connectivity index (χ1v) is 12.6. The number of amides is 5. The Kier molecular flexibility index (Phi) is 13.5. The van der Waals surface area contributed by atoms with Gasteiger partial charge in [0.1, 0.15) is 12.1 Å². The number of anilines is 1. The largest absolute Gasteiger partial charge is 0.352 e. The smallest absolute Gasteiger partial charge is 0.312 e. The van der Waals surface area contributed by atoms with E-state index in [9.17, 15) is 19.2 Å². The number of benzene rings is 1. The molecule has 0 unspecified atom stereocenters. The summed E-state index contributed by atoms with van der Waals surface area (Å²) >= 11 is 0. The number of nitrogens with one attached hydrogen (secondary N) is 4. The molecule has 9 nitrogen and oxygen atoms in total. The molecule has 0 aliphatic carbocycles. The van der Waals surface area contributed by atoms with Crippen LogP contribution in [-0.2, 0) is 20.8 Å². The third kappa shape index (κ3) is 12.2. The summed E-state index contributed by atoms with van der Waals surface area (Å²) in [7, 11) is 0. The van der Waals surface area contributed by atoms with Crippen molar-refractivity contribution in [3.8, 4) is 0 Å². The Morgan fingerprint density at radius 2 is 1.57 bits per heavy atom. The fourth-order valence-electron chi connectivity index (χ4n) is 3.52. The second-order valence-corrected chi connectivity index (χ2v) is 9.65. The molecular formula is C26H43N5O4. The van der Waals surface area contributed by atoms with Crippen molar-refractivity contribution in [2.24, 2.45) is 17.6 Å². The van der Waals surface area contributed by atoms with E-state index in [4.69, 9.17) is 5.73 Å². The van der Waals surface area contributed by atoms with E-state index >= 15 is 0 Å². The molecule has 9 heteroatoms. The Morgan fingerprint density at radius 1 is 0.914 bits per heavy atom. The van der Waals surface area contributed by atoms with Crippen molar-refractivity contribution in [3.63, 3.8) is 0 Å². The highest BCUT2D eigenvalue weighted by molar-refractivity contribution is 5.98. The third-order valence-corrected chi connectivity index (χ3v) is 5.58. The summed E-state index contributed by atoms with van der Waals surface area (Å²) in [6, 6.07) is 5.34. The maximum atomic E-state index is 13.1. The number of nitrogens with two attached hydrogens (primary N) is 1. The summed E-state index contributed by atoms with van der Waals surface area (Å²) in [5.74, 6) is -0.755. The van der Waals surface area contributed by atoms with Crippen molar-refractivity contribution >= 4 is 29.4 Å². The van der Waals surface area contributed by atoms with E-state index in [1.165, 1.54) is 5.56 Å². The van der Waals surface area contributed by atoms with Gasteiger partial charge in [-0.25, -0.2) is 4.79 Å². The van der Waals surface area contributed by atoms with E-state index in [1.54, 1.807) is 0 Å². The standard InChI is InChI=1S/C26H43N5O4/c1-6-8-19-11-13-20(14-12-19)29-24(33)21(9-7-16-28-26(27)35)30-25(34)23(18(4)5)31-22(32)15-10-17(2)3/h11-14,17-18,21,23H,6-10,15-16H2,1-5H3,(H,29,33)(H,30,34)(H,31,32)(H3,27,28,35)/t21-,23-/m0/s1. The van der Waals surface area contributed by atoms with Gasteiger partial charge in [0.15, 0.2) is 0 Å². The number of hydrogen-bond acceptors (Lipinski definition) is 4. The van der Waals surface area contributed by atoms with E-state index in [0.717, 1.165) is 19.3 Å². The van der Waals surface area contributed by atoms with E-state index in [-0.39, 0.29) is 30.7 Å². The molecule has 0 fully saturated rings. The van der Waals surface area contributed by atoms with Gasteiger partial charge in [-0.3, -0.25) is 14.4 Å². The molecule has 0 radical (unpaired) electrons. The average Bonchev–Trinajstić information content (AvgIpc) is 2.78. The molecule has 6 N–H and O–H groups in total. The Bertz CT molecular complexity index is 824. The number of primary amides is 1. The van der Waals surface area contributed by atoms with Crippen LogP contribution < -0.4 is 27.0 Å². The Morgan fingerprint density at radius 3 is 2.11 bits per heavy atom. The first-order chi connectivity index (χ1) is 16.5. The van der Waals surface area contributed by atoms with Crippen molar-refractivity contribution in [2.45, 2.75) is 85.2 Å². The van der Waals surface area contributed by atoms with Gasteiger partial charge in [-0.2, -0.15) is 0 Å². The number of rotatable bonds is 15. The molecule has 5 amide bonds. The van der Waals surface area contributed by atoms with Crippen molar-refractivity contribution in [3.05, 3.63) is 29.8 Å². The summed E-state index contributed by atoms with van der Waals surface area (Å²) in [4.78, 5) is 49.5. The minimum Gasteiger partial charge on any atom is -0.352 e. The molecule has 0 heterocycles. The second kappa shape index (κ2) is 15.7. The molecule has 1 aromatic carbocycles. The second-order valence-electron chi connectivity index (χ2n) is 9.65. The summed E-state index contributed by atoms with van der Waals surface area (Å²) < 4.78 is 0. The van der Waals surface area contributed by atoms with Crippen LogP contribution in [-0.4, -0.2) is 42.4 Å². The fourth-order valence-corrected chi connectivity index (χ4v) is 3.52. The van der Waals surface area contributed by atoms with Crippen LogP contribution in [0.15, 0.2) is 24.3 Å². The summed E-state index contributed by atoms with van der Waals surface area (Å²) in [6.07, 6.45) is 3.78. The first-order valence-electron chi connectivity index (χ1n) is 12.6. The van der Waals surface area contributed by atoms with E-state index in [2.05, 4.69) is 28.2 Å². The predicted octanol–water partition coefficient (Wildman–Crippen LogP) is 3.09. The van der Waals surface area contributed by atoms with Gasteiger partial charge >= 0.3 is 6.03 Å². The van der Waals surface area contributed by atoms with E-state index in [1.807, 2.05) is 52.0 Å². The maximum absolute atomic E-state index is 13.1. The number of carbonyl (C=O) groups excluding carboxylic acids is 4. The Labute approximate surface area is 209 Å². The molecule has 1 aromatic rings. The van der Waals surface area contributed by atoms with Crippen LogP contribution in [0.25, 0.3) is 0 Å². The van der Waals surface area contributed by atoms with Crippen LogP contribution in [0.4, 0.5) is 10.5 Å². The van der Waals surface area contributed by atoms with Crippen LogP contribution >= 0.6 is 0 Å². The van der Waals surface area contributed by atoms with Gasteiger partial charge in [0.05, 0.1) is 0 Å².